The van der Waals surface area contributed by atoms with Crippen LogP contribution in [0.5, 0.6) is 5.75 Å². The third-order valence-corrected chi connectivity index (χ3v) is 2.51. The molecule has 0 aliphatic carbocycles. The number of ether oxygens (including phenoxy) is 1. The van der Waals surface area contributed by atoms with E-state index in [9.17, 15) is 13.2 Å². The number of hydrogen-bond donors (Lipinski definition) is 1. The van der Waals surface area contributed by atoms with Crippen LogP contribution in [0.4, 0.5) is 13.2 Å². The number of benzene rings is 1. The fourth-order valence-electron chi connectivity index (χ4n) is 0.949. The van der Waals surface area contributed by atoms with Gasteiger partial charge in [-0.2, -0.15) is 13.2 Å². The molecular weight excluding hydrogens is 277 g/mol. The first-order valence-electron chi connectivity index (χ1n) is 4.02. The molecule has 84 valence electrons. The summed E-state index contributed by atoms with van der Waals surface area (Å²) in [5.41, 5.74) is 0.481. The molecule has 0 aliphatic rings. The predicted octanol–water partition coefficient (Wildman–Crippen LogP) is 2.88. The Bertz CT molecular complexity index is 339. The van der Waals surface area contributed by atoms with Gasteiger partial charge in [0, 0.05) is 0 Å². The van der Waals surface area contributed by atoms with Crippen LogP contribution in [-0.4, -0.2) is 17.9 Å². The standard InChI is InChI=1S/C9H8BrF3O2/c10-8-6(4-14)2-1-3-7(8)15-5-9(11,12)13/h1-3,14H,4-5H2. The summed E-state index contributed by atoms with van der Waals surface area (Å²) in [5, 5.41) is 8.86. The molecule has 0 aliphatic heterocycles. The van der Waals surface area contributed by atoms with Gasteiger partial charge in [0.25, 0.3) is 0 Å². The van der Waals surface area contributed by atoms with E-state index in [0.717, 1.165) is 0 Å². The average molecular weight is 285 g/mol. The molecule has 1 N–H and O–H groups in total. The number of aliphatic hydroxyl groups excluding tert-OH is 1. The lowest BCUT2D eigenvalue weighted by Crippen LogP contribution is -2.19. The van der Waals surface area contributed by atoms with Crippen LogP contribution in [0.3, 0.4) is 0 Å². The number of rotatable bonds is 3. The minimum Gasteiger partial charge on any atom is -0.483 e. The monoisotopic (exact) mass is 284 g/mol. The highest BCUT2D eigenvalue weighted by Gasteiger charge is 2.28. The van der Waals surface area contributed by atoms with E-state index in [1.54, 1.807) is 6.07 Å². The molecule has 0 radical (unpaired) electrons. The van der Waals surface area contributed by atoms with E-state index in [1.807, 2.05) is 0 Å². The van der Waals surface area contributed by atoms with Gasteiger partial charge >= 0.3 is 6.18 Å². The Morgan fingerprint density at radius 2 is 2.00 bits per heavy atom. The van der Waals surface area contributed by atoms with Gasteiger partial charge < -0.3 is 9.84 Å². The number of aliphatic hydroxyl groups is 1. The van der Waals surface area contributed by atoms with Gasteiger partial charge in [0.1, 0.15) is 5.75 Å². The van der Waals surface area contributed by atoms with Gasteiger partial charge in [-0.25, -0.2) is 0 Å². The van der Waals surface area contributed by atoms with E-state index in [-0.39, 0.29) is 12.4 Å². The number of alkyl halides is 3. The SMILES string of the molecule is OCc1cccc(OCC(F)(F)F)c1Br. The van der Waals surface area contributed by atoms with E-state index in [4.69, 9.17) is 5.11 Å². The summed E-state index contributed by atoms with van der Waals surface area (Å²) < 4.78 is 40.5. The summed E-state index contributed by atoms with van der Waals surface area (Å²) in [5.74, 6) is 0.0684. The molecule has 2 nitrogen and oxygen atoms in total. The van der Waals surface area contributed by atoms with Gasteiger partial charge in [0.2, 0.25) is 0 Å². The van der Waals surface area contributed by atoms with Crippen molar-refractivity contribution >= 4 is 15.9 Å². The van der Waals surface area contributed by atoms with Crippen molar-refractivity contribution in [3.8, 4) is 5.75 Å². The topological polar surface area (TPSA) is 29.5 Å². The van der Waals surface area contributed by atoms with Crippen molar-refractivity contribution in [1.82, 2.24) is 0 Å². The van der Waals surface area contributed by atoms with Crippen LogP contribution in [0.2, 0.25) is 0 Å². The van der Waals surface area contributed by atoms with E-state index < -0.39 is 12.8 Å². The summed E-state index contributed by atoms with van der Waals surface area (Å²) in [6.45, 7) is -1.61. The highest BCUT2D eigenvalue weighted by Crippen LogP contribution is 2.29. The average Bonchev–Trinajstić information content (AvgIpc) is 2.15. The minimum atomic E-state index is -4.37. The van der Waals surface area contributed by atoms with Crippen molar-refractivity contribution < 1.29 is 23.0 Å². The van der Waals surface area contributed by atoms with Crippen LogP contribution in [-0.2, 0) is 6.61 Å². The number of halogens is 4. The van der Waals surface area contributed by atoms with Crippen molar-refractivity contribution in [3.63, 3.8) is 0 Å². The molecule has 0 heterocycles. The number of hydrogen-bond acceptors (Lipinski definition) is 2. The maximum Gasteiger partial charge on any atom is 0.422 e. The lowest BCUT2D eigenvalue weighted by molar-refractivity contribution is -0.153. The van der Waals surface area contributed by atoms with Crippen molar-refractivity contribution in [2.45, 2.75) is 12.8 Å². The Morgan fingerprint density at radius 3 is 2.53 bits per heavy atom. The van der Waals surface area contributed by atoms with Gasteiger partial charge in [-0.05, 0) is 27.6 Å². The quantitative estimate of drug-likeness (QED) is 0.925. The first-order valence-corrected chi connectivity index (χ1v) is 4.81. The van der Waals surface area contributed by atoms with Crippen LogP contribution in [0.15, 0.2) is 22.7 Å². The Kier molecular flexibility index (Phi) is 3.98. The van der Waals surface area contributed by atoms with Gasteiger partial charge in [-0.3, -0.25) is 0 Å². The first kappa shape index (κ1) is 12.3. The van der Waals surface area contributed by atoms with Crippen LogP contribution >= 0.6 is 15.9 Å². The minimum absolute atomic E-state index is 0.0684. The van der Waals surface area contributed by atoms with Gasteiger partial charge in [0.15, 0.2) is 6.61 Å². The van der Waals surface area contributed by atoms with Crippen LogP contribution < -0.4 is 4.74 Å². The molecule has 0 saturated carbocycles. The maximum absolute atomic E-state index is 11.9. The normalized spacial score (nSPS) is 11.5. The zero-order valence-corrected chi connectivity index (χ0v) is 9.10. The molecule has 1 aromatic rings. The largest absolute Gasteiger partial charge is 0.483 e. The Morgan fingerprint density at radius 1 is 1.33 bits per heavy atom. The molecule has 0 saturated heterocycles. The fourth-order valence-corrected chi connectivity index (χ4v) is 1.45. The highest BCUT2D eigenvalue weighted by atomic mass is 79.9. The zero-order chi connectivity index (χ0) is 11.5. The molecule has 0 fully saturated rings. The third kappa shape index (κ3) is 3.71. The van der Waals surface area contributed by atoms with Crippen LogP contribution in [0, 0.1) is 0 Å². The predicted molar refractivity (Wildman–Crippen MR) is 51.6 cm³/mol. The fraction of sp³-hybridized carbons (Fsp3) is 0.333. The summed E-state index contributed by atoms with van der Waals surface area (Å²) in [6.07, 6.45) is -4.37. The molecular formula is C9H8BrF3O2. The molecule has 0 amide bonds. The lowest BCUT2D eigenvalue weighted by Gasteiger charge is -2.11. The Balaban J connectivity index is 2.78. The Labute approximate surface area is 92.8 Å². The summed E-state index contributed by atoms with van der Waals surface area (Å²) in [6, 6.07) is 4.50. The molecule has 1 aromatic carbocycles. The molecule has 0 aromatic heterocycles. The second kappa shape index (κ2) is 4.85. The lowest BCUT2D eigenvalue weighted by atomic mass is 10.2. The van der Waals surface area contributed by atoms with E-state index in [2.05, 4.69) is 20.7 Å². The summed E-state index contributed by atoms with van der Waals surface area (Å²) in [7, 11) is 0. The van der Waals surface area contributed by atoms with E-state index in [1.165, 1.54) is 12.1 Å². The third-order valence-electron chi connectivity index (χ3n) is 1.60. The molecule has 1 rings (SSSR count). The summed E-state index contributed by atoms with van der Waals surface area (Å²) >= 11 is 3.06. The molecule has 0 unspecified atom stereocenters. The van der Waals surface area contributed by atoms with Crippen molar-refractivity contribution in [3.05, 3.63) is 28.2 Å². The second-order valence-electron chi connectivity index (χ2n) is 2.79. The Hall–Kier alpha value is -0.750. The molecule has 15 heavy (non-hydrogen) atoms. The van der Waals surface area contributed by atoms with Crippen LogP contribution in [0.1, 0.15) is 5.56 Å². The first-order chi connectivity index (χ1) is 6.94. The van der Waals surface area contributed by atoms with E-state index >= 15 is 0 Å². The zero-order valence-electron chi connectivity index (χ0n) is 7.51. The molecule has 6 heteroatoms. The summed E-state index contributed by atoms with van der Waals surface area (Å²) in [4.78, 5) is 0. The maximum atomic E-state index is 11.9. The molecule has 0 atom stereocenters. The van der Waals surface area contributed by atoms with Crippen molar-refractivity contribution in [1.29, 1.82) is 0 Å². The van der Waals surface area contributed by atoms with Gasteiger partial charge in [-0.15, -0.1) is 0 Å². The van der Waals surface area contributed by atoms with Crippen LogP contribution in [0.25, 0.3) is 0 Å². The van der Waals surface area contributed by atoms with Crippen molar-refractivity contribution in [2.24, 2.45) is 0 Å². The smallest absolute Gasteiger partial charge is 0.422 e. The van der Waals surface area contributed by atoms with Gasteiger partial charge in [0.05, 0.1) is 11.1 Å². The van der Waals surface area contributed by atoms with Gasteiger partial charge in [-0.1, -0.05) is 12.1 Å². The molecule has 0 bridgehead atoms. The second-order valence-corrected chi connectivity index (χ2v) is 3.58. The highest BCUT2D eigenvalue weighted by molar-refractivity contribution is 9.10. The molecule has 0 spiro atoms. The van der Waals surface area contributed by atoms with Crippen molar-refractivity contribution in [2.75, 3.05) is 6.61 Å². The van der Waals surface area contributed by atoms with E-state index in [0.29, 0.717) is 10.0 Å².